The van der Waals surface area contributed by atoms with Crippen LogP contribution in [-0.2, 0) is 22.6 Å². The molecule has 33 heavy (non-hydrogen) atoms. The molecule has 0 bridgehead atoms. The molecule has 0 saturated heterocycles. The molecular formula is C24H30F3NO5. The molecule has 0 aliphatic heterocycles. The summed E-state index contributed by atoms with van der Waals surface area (Å²) < 4.78 is 37.5. The first kappa shape index (κ1) is 28.0. The zero-order valence-electron chi connectivity index (χ0n) is 18.3. The van der Waals surface area contributed by atoms with Crippen molar-refractivity contribution in [3.05, 3.63) is 65.7 Å². The summed E-state index contributed by atoms with van der Waals surface area (Å²) in [6, 6.07) is 18.6. The quantitative estimate of drug-likeness (QED) is 0.355. The fourth-order valence-electron chi connectivity index (χ4n) is 2.75. The number of aliphatic carboxylic acids is 2. The van der Waals surface area contributed by atoms with E-state index in [1.54, 1.807) is 0 Å². The molecule has 0 atom stereocenters. The summed E-state index contributed by atoms with van der Waals surface area (Å²) in [7, 11) is 0. The second kappa shape index (κ2) is 15.7. The summed E-state index contributed by atoms with van der Waals surface area (Å²) in [6.45, 7) is 1.91. The fourth-order valence-corrected chi connectivity index (χ4v) is 2.75. The topological polar surface area (TPSA) is 95.9 Å². The third kappa shape index (κ3) is 14.6. The predicted octanol–water partition coefficient (Wildman–Crippen LogP) is 5.07. The zero-order chi connectivity index (χ0) is 24.5. The summed E-state index contributed by atoms with van der Waals surface area (Å²) in [5, 5.41) is 18.8. The van der Waals surface area contributed by atoms with Gasteiger partial charge in [-0.25, -0.2) is 4.79 Å². The molecule has 182 valence electrons. The number of unbranched alkanes of at least 4 members (excludes halogenated alkanes) is 3. The van der Waals surface area contributed by atoms with Gasteiger partial charge in [-0.3, -0.25) is 4.79 Å². The normalized spacial score (nSPS) is 10.8. The second-order valence-corrected chi connectivity index (χ2v) is 7.27. The number of carboxylic acids is 2. The number of nitrogens with one attached hydrogen (secondary N) is 1. The van der Waals surface area contributed by atoms with E-state index >= 15 is 0 Å². The zero-order valence-corrected chi connectivity index (χ0v) is 18.3. The molecule has 2 aromatic rings. The minimum atomic E-state index is -5.08. The van der Waals surface area contributed by atoms with Crippen molar-refractivity contribution in [3.63, 3.8) is 0 Å². The van der Waals surface area contributed by atoms with Gasteiger partial charge in [0.2, 0.25) is 0 Å². The molecule has 6 nitrogen and oxygen atoms in total. The van der Waals surface area contributed by atoms with E-state index in [9.17, 15) is 18.0 Å². The van der Waals surface area contributed by atoms with Crippen molar-refractivity contribution >= 4 is 11.9 Å². The van der Waals surface area contributed by atoms with Crippen LogP contribution in [0.5, 0.6) is 5.75 Å². The van der Waals surface area contributed by atoms with Crippen molar-refractivity contribution in [2.24, 2.45) is 0 Å². The molecule has 9 heteroatoms. The molecule has 0 spiro atoms. The largest absolute Gasteiger partial charge is 0.494 e. The Morgan fingerprint density at radius 3 is 2.03 bits per heavy atom. The molecule has 2 aromatic carbocycles. The first-order chi connectivity index (χ1) is 15.7. The van der Waals surface area contributed by atoms with Gasteiger partial charge in [-0.2, -0.15) is 13.2 Å². The lowest BCUT2D eigenvalue weighted by atomic mass is 10.1. The Morgan fingerprint density at radius 2 is 1.45 bits per heavy atom. The standard InChI is InChI=1S/C22H29NO3.C2HF3O2/c24-22(25)15-16-23-18-20-11-13-21(14-12-20)26-17-7-2-1-4-8-19-9-5-3-6-10-19;3-2(4,5)1(6)7/h3,5-6,9-14,23H,1-2,4,7-8,15-18H2,(H,24,25);(H,6,7). The maximum Gasteiger partial charge on any atom is 0.490 e. The van der Waals surface area contributed by atoms with Gasteiger partial charge in [-0.1, -0.05) is 55.3 Å². The van der Waals surface area contributed by atoms with Gasteiger partial charge < -0.3 is 20.3 Å². The first-order valence-corrected chi connectivity index (χ1v) is 10.7. The number of hydrogen-bond donors (Lipinski definition) is 3. The minimum absolute atomic E-state index is 0.145. The van der Waals surface area contributed by atoms with Crippen LogP contribution in [-0.4, -0.2) is 41.5 Å². The van der Waals surface area contributed by atoms with Gasteiger partial charge in [0.05, 0.1) is 13.0 Å². The Balaban J connectivity index is 0.000000675. The maximum atomic E-state index is 10.6. The average molecular weight is 470 g/mol. The first-order valence-electron chi connectivity index (χ1n) is 10.7. The molecule has 2 rings (SSSR count). The Labute approximate surface area is 191 Å². The smallest absolute Gasteiger partial charge is 0.490 e. The van der Waals surface area contributed by atoms with E-state index in [2.05, 4.69) is 35.6 Å². The minimum Gasteiger partial charge on any atom is -0.494 e. The van der Waals surface area contributed by atoms with Crippen LogP contribution < -0.4 is 10.1 Å². The molecule has 0 aromatic heterocycles. The van der Waals surface area contributed by atoms with Crippen LogP contribution in [0.3, 0.4) is 0 Å². The van der Waals surface area contributed by atoms with E-state index < -0.39 is 18.1 Å². The average Bonchev–Trinajstić information content (AvgIpc) is 2.77. The van der Waals surface area contributed by atoms with E-state index in [0.717, 1.165) is 30.8 Å². The van der Waals surface area contributed by atoms with Gasteiger partial charge >= 0.3 is 18.1 Å². The fraction of sp³-hybridized carbons (Fsp3) is 0.417. The summed E-state index contributed by atoms with van der Waals surface area (Å²) in [4.78, 5) is 19.3. The second-order valence-electron chi connectivity index (χ2n) is 7.27. The van der Waals surface area contributed by atoms with E-state index in [-0.39, 0.29) is 6.42 Å². The van der Waals surface area contributed by atoms with Crippen LogP contribution in [0.15, 0.2) is 54.6 Å². The Morgan fingerprint density at radius 1 is 0.848 bits per heavy atom. The van der Waals surface area contributed by atoms with Crippen molar-refractivity contribution in [2.75, 3.05) is 13.2 Å². The summed E-state index contributed by atoms with van der Waals surface area (Å²) in [6.07, 6.45) is 0.953. The van der Waals surface area contributed by atoms with Crippen LogP contribution >= 0.6 is 0 Å². The third-order valence-corrected chi connectivity index (χ3v) is 4.48. The Kier molecular flexibility index (Phi) is 13.3. The van der Waals surface area contributed by atoms with Crippen molar-refractivity contribution in [3.8, 4) is 5.75 Å². The van der Waals surface area contributed by atoms with Gasteiger partial charge in [0.25, 0.3) is 0 Å². The van der Waals surface area contributed by atoms with Crippen molar-refractivity contribution in [1.29, 1.82) is 0 Å². The maximum absolute atomic E-state index is 10.6. The highest BCUT2D eigenvalue weighted by Crippen LogP contribution is 2.14. The number of halogens is 3. The molecule has 0 fully saturated rings. The van der Waals surface area contributed by atoms with Crippen LogP contribution in [0.4, 0.5) is 13.2 Å². The molecular weight excluding hydrogens is 439 g/mol. The van der Waals surface area contributed by atoms with Gasteiger partial charge in [0.15, 0.2) is 0 Å². The number of alkyl halides is 3. The summed E-state index contributed by atoms with van der Waals surface area (Å²) in [5.74, 6) is -2.64. The molecule has 0 amide bonds. The number of benzene rings is 2. The van der Waals surface area contributed by atoms with Crippen LogP contribution in [0, 0.1) is 0 Å². The molecule has 0 heterocycles. The number of carbonyl (C=O) groups is 2. The number of rotatable bonds is 13. The SMILES string of the molecule is O=C(O)C(F)(F)F.O=C(O)CCNCc1ccc(OCCCCCCc2ccccc2)cc1. The molecule has 0 unspecified atom stereocenters. The lowest BCUT2D eigenvalue weighted by Gasteiger charge is -2.08. The Hall–Kier alpha value is -3.07. The number of carboxylic acid groups (broad SMARTS) is 2. The van der Waals surface area contributed by atoms with Crippen molar-refractivity contribution in [1.82, 2.24) is 5.32 Å². The highest BCUT2D eigenvalue weighted by atomic mass is 19.4. The summed E-state index contributed by atoms with van der Waals surface area (Å²) >= 11 is 0. The van der Waals surface area contributed by atoms with Gasteiger partial charge in [-0.15, -0.1) is 0 Å². The lowest BCUT2D eigenvalue weighted by Crippen LogP contribution is -2.21. The van der Waals surface area contributed by atoms with Gasteiger partial charge in [-0.05, 0) is 42.5 Å². The molecule has 0 aliphatic rings. The van der Waals surface area contributed by atoms with Gasteiger partial charge in [0.1, 0.15) is 5.75 Å². The Bertz CT molecular complexity index is 811. The summed E-state index contributed by atoms with van der Waals surface area (Å²) in [5.41, 5.74) is 2.55. The predicted molar refractivity (Wildman–Crippen MR) is 118 cm³/mol. The van der Waals surface area contributed by atoms with Crippen LogP contribution in [0.2, 0.25) is 0 Å². The van der Waals surface area contributed by atoms with E-state index in [1.165, 1.54) is 24.8 Å². The molecule has 0 aliphatic carbocycles. The van der Waals surface area contributed by atoms with Crippen LogP contribution in [0.1, 0.15) is 43.2 Å². The number of aryl methyl sites for hydroxylation is 1. The lowest BCUT2D eigenvalue weighted by molar-refractivity contribution is -0.192. The van der Waals surface area contributed by atoms with Gasteiger partial charge in [0, 0.05) is 13.1 Å². The number of hydrogen-bond acceptors (Lipinski definition) is 4. The van der Waals surface area contributed by atoms with E-state index in [1.807, 2.05) is 24.3 Å². The van der Waals surface area contributed by atoms with E-state index in [4.69, 9.17) is 19.7 Å². The highest BCUT2D eigenvalue weighted by Gasteiger charge is 2.38. The van der Waals surface area contributed by atoms with E-state index in [0.29, 0.717) is 13.1 Å². The van der Waals surface area contributed by atoms with Crippen molar-refractivity contribution in [2.45, 2.75) is 51.2 Å². The number of ether oxygens (including phenoxy) is 1. The monoisotopic (exact) mass is 469 g/mol. The van der Waals surface area contributed by atoms with Crippen molar-refractivity contribution < 1.29 is 37.7 Å². The third-order valence-electron chi connectivity index (χ3n) is 4.48. The molecule has 3 N–H and O–H groups in total. The molecule has 0 saturated carbocycles. The highest BCUT2D eigenvalue weighted by molar-refractivity contribution is 5.73. The van der Waals surface area contributed by atoms with Crippen LogP contribution in [0.25, 0.3) is 0 Å². The molecule has 0 radical (unpaired) electrons.